The van der Waals surface area contributed by atoms with E-state index >= 15 is 0 Å². The normalized spacial score (nSPS) is 13.6. The summed E-state index contributed by atoms with van der Waals surface area (Å²) in [7, 11) is 0. The number of nitrogens with zero attached hydrogens (tertiary/aromatic N) is 1. The van der Waals surface area contributed by atoms with Crippen LogP contribution in [-0.2, 0) is 24.9 Å². The molecular weight excluding hydrogens is 485 g/mol. The summed E-state index contributed by atoms with van der Waals surface area (Å²) in [5.74, 6) is -0.270. The molecule has 1 aromatic carbocycles. The number of allylic oxidation sites excluding steroid dienone is 4. The first-order valence-electron chi connectivity index (χ1n) is 7.50. The average Bonchev–Trinajstić information content (AvgIpc) is 3.00. The number of halogens is 1. The Morgan fingerprint density at radius 2 is 2.04 bits per heavy atom. The van der Waals surface area contributed by atoms with Gasteiger partial charge in [-0.1, -0.05) is 30.7 Å². The number of aromatic nitrogens is 1. The van der Waals surface area contributed by atoms with E-state index in [1.807, 2.05) is 12.1 Å². The number of ketones is 1. The number of hydrogen-bond acceptors (Lipinski definition) is 3. The molecule has 0 spiro atoms. The van der Waals surface area contributed by atoms with Gasteiger partial charge in [0.15, 0.2) is 5.78 Å². The molecule has 0 bridgehead atoms. The molecule has 0 unspecified atom stereocenters. The Kier molecular flexibility index (Phi) is 7.96. The number of aliphatic hydroxyl groups excluding tert-OH is 1. The number of aliphatic hydroxyl groups is 1. The quantitative estimate of drug-likeness (QED) is 0.364. The van der Waals surface area contributed by atoms with Gasteiger partial charge >= 0.3 is 0 Å². The van der Waals surface area contributed by atoms with Crippen LogP contribution in [0.3, 0.4) is 0 Å². The van der Waals surface area contributed by atoms with Crippen molar-refractivity contribution in [2.45, 2.75) is 33.1 Å². The third kappa shape index (κ3) is 5.66. The average molecular weight is 505 g/mol. The number of benzene rings is 1. The van der Waals surface area contributed by atoms with Crippen molar-refractivity contribution >= 4 is 22.3 Å². The van der Waals surface area contributed by atoms with E-state index in [4.69, 9.17) is 5.11 Å². The number of pyridine rings is 1. The van der Waals surface area contributed by atoms with Gasteiger partial charge in [0.1, 0.15) is 5.82 Å². The number of carbonyl (C=O) groups is 1. The zero-order valence-corrected chi connectivity index (χ0v) is 16.0. The van der Waals surface area contributed by atoms with E-state index in [-0.39, 0.29) is 37.5 Å². The summed E-state index contributed by atoms with van der Waals surface area (Å²) in [4.78, 5) is 14.5. The standard InChI is InChI=1S/C14H11FN.C5H8O2.Ir/c15-12-6-3-7-14-11(12)8-9-13(16-14)10-4-1-2-5-10;1-4(6)3-5(2)7;/h3,6-9H,1-2,4H2;3,6H,1-2H3;/q-1;;/b;4-3-;. The fourth-order valence-electron chi connectivity index (χ4n) is 2.39. The van der Waals surface area contributed by atoms with E-state index in [1.54, 1.807) is 12.1 Å². The minimum Gasteiger partial charge on any atom is -0.512 e. The summed E-state index contributed by atoms with van der Waals surface area (Å²) in [5, 5.41) is 8.95. The van der Waals surface area contributed by atoms with Crippen LogP contribution in [0.1, 0.15) is 38.8 Å². The predicted octanol–water partition coefficient (Wildman–Crippen LogP) is 4.78. The molecule has 0 aliphatic heterocycles. The van der Waals surface area contributed by atoms with Gasteiger partial charge < -0.3 is 10.1 Å². The molecule has 3 nitrogen and oxygen atoms in total. The van der Waals surface area contributed by atoms with Crippen molar-refractivity contribution in [3.8, 4) is 0 Å². The molecule has 0 saturated heterocycles. The SMILES string of the molecule is CC(=O)/C=C(/C)O.Fc1cccc2nc(C3=[C-]CCC3)ccc12.[Ir]. The molecule has 129 valence electrons. The third-order valence-electron chi connectivity index (χ3n) is 3.34. The van der Waals surface area contributed by atoms with Crippen molar-refractivity contribution in [1.29, 1.82) is 0 Å². The van der Waals surface area contributed by atoms with Gasteiger partial charge in [0.05, 0.1) is 11.3 Å². The van der Waals surface area contributed by atoms with Crippen molar-refractivity contribution in [3.63, 3.8) is 0 Å². The first-order valence-corrected chi connectivity index (χ1v) is 7.50. The van der Waals surface area contributed by atoms with Crippen molar-refractivity contribution < 1.29 is 34.4 Å². The summed E-state index contributed by atoms with van der Waals surface area (Å²) in [6.45, 7) is 2.85. The molecular formula is C19H19FIrNO2-. The molecule has 3 rings (SSSR count). The Morgan fingerprint density at radius 3 is 2.58 bits per heavy atom. The molecule has 5 heteroatoms. The molecule has 0 atom stereocenters. The van der Waals surface area contributed by atoms with Gasteiger partial charge in [0, 0.05) is 31.6 Å². The summed E-state index contributed by atoms with van der Waals surface area (Å²) >= 11 is 0. The van der Waals surface area contributed by atoms with Crippen molar-refractivity contribution in [2.24, 2.45) is 0 Å². The summed E-state index contributed by atoms with van der Waals surface area (Å²) in [6.07, 6.45) is 7.68. The fourth-order valence-corrected chi connectivity index (χ4v) is 2.39. The Bertz CT molecular complexity index is 780. The van der Waals surface area contributed by atoms with Gasteiger partial charge in [-0.05, 0) is 26.0 Å². The Labute approximate surface area is 154 Å². The number of rotatable bonds is 2. The second kappa shape index (κ2) is 9.45. The predicted molar refractivity (Wildman–Crippen MR) is 89.3 cm³/mol. The van der Waals surface area contributed by atoms with Crippen LogP contribution in [0.5, 0.6) is 0 Å². The van der Waals surface area contributed by atoms with Crippen molar-refractivity contribution in [3.05, 3.63) is 59.8 Å². The van der Waals surface area contributed by atoms with E-state index in [0.717, 1.165) is 30.5 Å². The first-order chi connectivity index (χ1) is 11.0. The second-order valence-electron chi connectivity index (χ2n) is 5.41. The number of hydrogen-bond donors (Lipinski definition) is 1. The monoisotopic (exact) mass is 505 g/mol. The van der Waals surface area contributed by atoms with Crippen LogP contribution in [-0.4, -0.2) is 15.9 Å². The summed E-state index contributed by atoms with van der Waals surface area (Å²) in [5.41, 5.74) is 2.83. The minimum absolute atomic E-state index is 0. The minimum atomic E-state index is -0.207. The summed E-state index contributed by atoms with van der Waals surface area (Å²) in [6, 6.07) is 8.70. The van der Waals surface area contributed by atoms with E-state index in [9.17, 15) is 9.18 Å². The van der Waals surface area contributed by atoms with Gasteiger partial charge in [-0.25, -0.2) is 4.39 Å². The molecule has 1 radical (unpaired) electrons. The van der Waals surface area contributed by atoms with Gasteiger partial charge in [-0.3, -0.25) is 10.9 Å². The van der Waals surface area contributed by atoms with Crippen LogP contribution in [0, 0.1) is 11.9 Å². The molecule has 24 heavy (non-hydrogen) atoms. The van der Waals surface area contributed by atoms with Crippen LogP contribution in [0.25, 0.3) is 16.5 Å². The maximum Gasteiger partial charge on any atom is 0.155 e. The molecule has 1 heterocycles. The molecule has 1 aliphatic rings. The summed E-state index contributed by atoms with van der Waals surface area (Å²) < 4.78 is 13.4. The fraction of sp³-hybridized carbons (Fsp3) is 0.263. The number of carbonyl (C=O) groups excluding carboxylic acids is 1. The van der Waals surface area contributed by atoms with E-state index in [2.05, 4.69) is 11.1 Å². The maximum atomic E-state index is 13.4. The molecule has 1 N–H and O–H groups in total. The van der Waals surface area contributed by atoms with E-state index in [0.29, 0.717) is 5.39 Å². The zero-order chi connectivity index (χ0) is 16.8. The molecule has 0 saturated carbocycles. The first kappa shape index (κ1) is 20.2. The third-order valence-corrected chi connectivity index (χ3v) is 3.34. The Morgan fingerprint density at radius 1 is 1.29 bits per heavy atom. The van der Waals surface area contributed by atoms with E-state index in [1.165, 1.54) is 31.6 Å². The van der Waals surface area contributed by atoms with Crippen molar-refractivity contribution in [1.82, 2.24) is 4.98 Å². The molecule has 2 aromatic rings. The molecule has 1 aliphatic carbocycles. The topological polar surface area (TPSA) is 50.2 Å². The zero-order valence-electron chi connectivity index (χ0n) is 13.6. The smallest absolute Gasteiger partial charge is 0.155 e. The van der Waals surface area contributed by atoms with Crippen LogP contribution >= 0.6 is 0 Å². The van der Waals surface area contributed by atoms with Gasteiger partial charge in [0.2, 0.25) is 0 Å². The van der Waals surface area contributed by atoms with Gasteiger partial charge in [-0.15, -0.1) is 12.5 Å². The van der Waals surface area contributed by atoms with Crippen molar-refractivity contribution in [2.75, 3.05) is 0 Å². The Hall–Kier alpha value is -1.84. The largest absolute Gasteiger partial charge is 0.512 e. The molecule has 0 fully saturated rings. The molecule has 1 aromatic heterocycles. The van der Waals surface area contributed by atoms with Crippen LogP contribution in [0.4, 0.5) is 4.39 Å². The van der Waals surface area contributed by atoms with E-state index < -0.39 is 0 Å². The number of fused-ring (bicyclic) bond motifs is 1. The van der Waals surface area contributed by atoms with Gasteiger partial charge in [0.25, 0.3) is 0 Å². The van der Waals surface area contributed by atoms with Crippen LogP contribution < -0.4 is 0 Å². The maximum absolute atomic E-state index is 13.4. The second-order valence-corrected chi connectivity index (χ2v) is 5.41. The van der Waals surface area contributed by atoms with Gasteiger partial charge in [-0.2, -0.15) is 5.57 Å². The van der Waals surface area contributed by atoms with Crippen LogP contribution in [0.15, 0.2) is 42.2 Å². The van der Waals surface area contributed by atoms with Crippen LogP contribution in [0.2, 0.25) is 0 Å². The Balaban J connectivity index is 0.000000312. The molecule has 0 amide bonds.